The quantitative estimate of drug-likeness (QED) is 0.890. The molecule has 1 aromatic heterocycles. The second kappa shape index (κ2) is 5.17. The van der Waals surface area contributed by atoms with Gasteiger partial charge in [-0.05, 0) is 30.2 Å². The molecule has 1 aliphatic carbocycles. The van der Waals surface area contributed by atoms with Gasteiger partial charge in [0.2, 0.25) is 0 Å². The first-order valence-electron chi connectivity index (χ1n) is 7.42. The standard InChI is InChI=1S/C16H28N2S/c1-7-17-11-8-16(5,6)9-12-14(11)19-13(18-12)10-15(2,3)4/h11,17H,7-10H2,1-6H3. The lowest BCUT2D eigenvalue weighted by Gasteiger charge is -2.34. The van der Waals surface area contributed by atoms with Crippen LogP contribution in [-0.2, 0) is 12.8 Å². The minimum absolute atomic E-state index is 0.323. The Bertz CT molecular complexity index is 440. The summed E-state index contributed by atoms with van der Waals surface area (Å²) in [6.07, 6.45) is 3.44. The van der Waals surface area contributed by atoms with Crippen LogP contribution in [0.3, 0.4) is 0 Å². The monoisotopic (exact) mass is 280 g/mol. The molecule has 0 radical (unpaired) electrons. The summed E-state index contributed by atoms with van der Waals surface area (Å²) in [7, 11) is 0. The van der Waals surface area contributed by atoms with Gasteiger partial charge in [0.1, 0.15) is 0 Å². The third-order valence-corrected chi connectivity index (χ3v) is 4.83. The highest BCUT2D eigenvalue weighted by atomic mass is 32.1. The number of rotatable bonds is 3. The number of aromatic nitrogens is 1. The van der Waals surface area contributed by atoms with Gasteiger partial charge >= 0.3 is 0 Å². The van der Waals surface area contributed by atoms with Crippen LogP contribution in [0.4, 0.5) is 0 Å². The Balaban J connectivity index is 2.28. The number of nitrogens with one attached hydrogen (secondary N) is 1. The molecule has 2 nitrogen and oxygen atoms in total. The molecule has 0 aliphatic heterocycles. The molecule has 1 aliphatic rings. The van der Waals surface area contributed by atoms with Gasteiger partial charge < -0.3 is 5.32 Å². The first-order chi connectivity index (χ1) is 8.70. The fourth-order valence-electron chi connectivity index (χ4n) is 2.92. The summed E-state index contributed by atoms with van der Waals surface area (Å²) >= 11 is 1.94. The van der Waals surface area contributed by atoms with Crippen LogP contribution in [0.15, 0.2) is 0 Å². The third-order valence-electron chi connectivity index (χ3n) is 3.62. The van der Waals surface area contributed by atoms with E-state index in [2.05, 4.69) is 46.9 Å². The maximum atomic E-state index is 4.94. The molecule has 19 heavy (non-hydrogen) atoms. The first kappa shape index (κ1) is 15.0. The molecule has 0 fully saturated rings. The highest BCUT2D eigenvalue weighted by Gasteiger charge is 2.34. The van der Waals surface area contributed by atoms with Crippen molar-refractivity contribution in [3.8, 4) is 0 Å². The zero-order chi connectivity index (χ0) is 14.3. The van der Waals surface area contributed by atoms with E-state index in [9.17, 15) is 0 Å². The van der Waals surface area contributed by atoms with E-state index in [0.29, 0.717) is 16.9 Å². The molecule has 1 aromatic rings. The second-order valence-electron chi connectivity index (χ2n) is 7.81. The fraction of sp³-hybridized carbons (Fsp3) is 0.812. The van der Waals surface area contributed by atoms with E-state index in [4.69, 9.17) is 4.98 Å². The number of thiazole rings is 1. The molecule has 1 unspecified atom stereocenters. The zero-order valence-corrected chi connectivity index (χ0v) is 14.1. The van der Waals surface area contributed by atoms with Crippen LogP contribution in [0.1, 0.15) is 69.6 Å². The summed E-state index contributed by atoms with van der Waals surface area (Å²) in [5, 5.41) is 4.96. The molecule has 0 amide bonds. The molecule has 3 heteroatoms. The summed E-state index contributed by atoms with van der Waals surface area (Å²) in [5.74, 6) is 0. The van der Waals surface area contributed by atoms with Crippen molar-refractivity contribution < 1.29 is 0 Å². The summed E-state index contributed by atoms with van der Waals surface area (Å²) in [6, 6.07) is 0.509. The average Bonchev–Trinajstić information content (AvgIpc) is 2.55. The van der Waals surface area contributed by atoms with E-state index in [0.717, 1.165) is 19.4 Å². The van der Waals surface area contributed by atoms with E-state index < -0.39 is 0 Å². The molecule has 0 aromatic carbocycles. The van der Waals surface area contributed by atoms with Gasteiger partial charge in [0.25, 0.3) is 0 Å². The van der Waals surface area contributed by atoms with E-state index in [1.54, 1.807) is 0 Å². The van der Waals surface area contributed by atoms with Crippen molar-refractivity contribution in [2.75, 3.05) is 6.54 Å². The summed E-state index contributed by atoms with van der Waals surface area (Å²) < 4.78 is 0. The molecule has 1 atom stereocenters. The third kappa shape index (κ3) is 3.79. The van der Waals surface area contributed by atoms with E-state index in [1.807, 2.05) is 11.3 Å². The first-order valence-corrected chi connectivity index (χ1v) is 8.24. The van der Waals surface area contributed by atoms with Crippen molar-refractivity contribution in [2.45, 2.75) is 66.8 Å². The van der Waals surface area contributed by atoms with E-state index in [1.165, 1.54) is 22.0 Å². The normalized spacial score (nSPS) is 22.3. The Hall–Kier alpha value is -0.410. The van der Waals surface area contributed by atoms with Gasteiger partial charge in [0.15, 0.2) is 0 Å². The van der Waals surface area contributed by atoms with Gasteiger partial charge in [-0.25, -0.2) is 4.98 Å². The topological polar surface area (TPSA) is 24.9 Å². The Morgan fingerprint density at radius 1 is 1.37 bits per heavy atom. The van der Waals surface area contributed by atoms with Gasteiger partial charge in [-0.1, -0.05) is 41.5 Å². The Morgan fingerprint density at radius 2 is 2.05 bits per heavy atom. The Morgan fingerprint density at radius 3 is 2.63 bits per heavy atom. The average molecular weight is 280 g/mol. The van der Waals surface area contributed by atoms with Crippen molar-refractivity contribution in [2.24, 2.45) is 10.8 Å². The number of hydrogen-bond acceptors (Lipinski definition) is 3. The van der Waals surface area contributed by atoms with E-state index in [-0.39, 0.29) is 0 Å². The lowest BCUT2D eigenvalue weighted by atomic mass is 9.76. The number of nitrogens with zero attached hydrogens (tertiary/aromatic N) is 1. The molecule has 0 spiro atoms. The lowest BCUT2D eigenvalue weighted by Crippen LogP contribution is -2.32. The molecule has 0 saturated heterocycles. The molecular weight excluding hydrogens is 252 g/mol. The highest BCUT2D eigenvalue weighted by molar-refractivity contribution is 7.11. The zero-order valence-electron chi connectivity index (χ0n) is 13.3. The smallest absolute Gasteiger partial charge is 0.0936 e. The van der Waals surface area contributed by atoms with Crippen LogP contribution in [0.2, 0.25) is 0 Å². The fourth-order valence-corrected chi connectivity index (χ4v) is 4.38. The van der Waals surface area contributed by atoms with Crippen molar-refractivity contribution >= 4 is 11.3 Å². The van der Waals surface area contributed by atoms with Crippen molar-refractivity contribution in [3.63, 3.8) is 0 Å². The predicted octanol–water partition coefficient (Wildman–Crippen LogP) is 4.35. The Labute approximate surface area is 122 Å². The molecule has 0 bridgehead atoms. The molecular formula is C16H28N2S. The summed E-state index contributed by atoms with van der Waals surface area (Å²) in [5.41, 5.74) is 2.04. The van der Waals surface area contributed by atoms with Crippen LogP contribution in [0, 0.1) is 10.8 Å². The van der Waals surface area contributed by atoms with Crippen LogP contribution in [0.25, 0.3) is 0 Å². The van der Waals surface area contributed by atoms with Crippen LogP contribution in [0.5, 0.6) is 0 Å². The van der Waals surface area contributed by atoms with E-state index >= 15 is 0 Å². The summed E-state index contributed by atoms with van der Waals surface area (Å²) in [6.45, 7) is 14.8. The molecule has 2 rings (SSSR count). The van der Waals surface area contributed by atoms with Gasteiger partial charge in [0.05, 0.1) is 10.7 Å². The summed E-state index contributed by atoms with van der Waals surface area (Å²) in [4.78, 5) is 6.44. The van der Waals surface area contributed by atoms with Gasteiger partial charge in [-0.2, -0.15) is 0 Å². The highest BCUT2D eigenvalue weighted by Crippen LogP contribution is 2.43. The number of fused-ring (bicyclic) bond motifs is 1. The molecule has 108 valence electrons. The molecule has 0 saturated carbocycles. The van der Waals surface area contributed by atoms with Crippen molar-refractivity contribution in [1.82, 2.24) is 10.3 Å². The largest absolute Gasteiger partial charge is 0.309 e. The maximum Gasteiger partial charge on any atom is 0.0936 e. The maximum absolute atomic E-state index is 4.94. The van der Waals surface area contributed by atoms with Crippen molar-refractivity contribution in [3.05, 3.63) is 15.6 Å². The van der Waals surface area contributed by atoms with Crippen LogP contribution in [-0.4, -0.2) is 11.5 Å². The number of hydrogen-bond donors (Lipinski definition) is 1. The predicted molar refractivity (Wildman–Crippen MR) is 83.8 cm³/mol. The SMILES string of the molecule is CCNC1CC(C)(C)Cc2nc(CC(C)(C)C)sc21. The second-order valence-corrected chi connectivity index (χ2v) is 8.93. The van der Waals surface area contributed by atoms with Crippen LogP contribution < -0.4 is 5.32 Å². The van der Waals surface area contributed by atoms with Gasteiger partial charge in [0, 0.05) is 17.3 Å². The minimum atomic E-state index is 0.323. The van der Waals surface area contributed by atoms with Crippen LogP contribution >= 0.6 is 11.3 Å². The van der Waals surface area contributed by atoms with Crippen molar-refractivity contribution in [1.29, 1.82) is 0 Å². The minimum Gasteiger partial charge on any atom is -0.309 e. The molecule has 1 N–H and O–H groups in total. The molecule has 1 heterocycles. The Kier molecular flexibility index (Phi) is 4.08. The lowest BCUT2D eigenvalue weighted by molar-refractivity contribution is 0.260. The van der Waals surface area contributed by atoms with Gasteiger partial charge in [-0.15, -0.1) is 11.3 Å². The van der Waals surface area contributed by atoms with Gasteiger partial charge in [-0.3, -0.25) is 0 Å².